The molecule has 96 valence electrons. The lowest BCUT2D eigenvalue weighted by Gasteiger charge is -2.11. The largest absolute Gasteiger partial charge is 0.351 e. The fourth-order valence-corrected chi connectivity index (χ4v) is 1.92. The summed E-state index contributed by atoms with van der Waals surface area (Å²) in [4.78, 5) is 22.5. The van der Waals surface area contributed by atoms with E-state index in [1.807, 2.05) is 0 Å². The second-order valence-electron chi connectivity index (χ2n) is 4.20. The van der Waals surface area contributed by atoms with Crippen LogP contribution in [0.4, 0.5) is 16.2 Å². The number of anilines is 2. The van der Waals surface area contributed by atoms with Gasteiger partial charge >= 0.3 is 6.03 Å². The third-order valence-electron chi connectivity index (χ3n) is 2.80. The number of carbonyl (C=O) groups is 2. The number of hydrogen-bond donors (Lipinski definition) is 4. The van der Waals surface area contributed by atoms with Crippen LogP contribution in [0, 0.1) is 0 Å². The number of carbonyl (C=O) groups excluding carboxylic acids is 2. The van der Waals surface area contributed by atoms with E-state index in [4.69, 9.17) is 5.73 Å². The van der Waals surface area contributed by atoms with Gasteiger partial charge in [-0.1, -0.05) is 0 Å². The van der Waals surface area contributed by atoms with E-state index < -0.39 is 6.03 Å². The molecule has 0 spiro atoms. The van der Waals surface area contributed by atoms with Crippen molar-refractivity contribution in [1.29, 1.82) is 0 Å². The van der Waals surface area contributed by atoms with Gasteiger partial charge in [0.05, 0.1) is 6.04 Å². The lowest BCUT2D eigenvalue weighted by Crippen LogP contribution is -2.35. The van der Waals surface area contributed by atoms with E-state index in [1.54, 1.807) is 24.3 Å². The molecule has 1 saturated heterocycles. The van der Waals surface area contributed by atoms with E-state index >= 15 is 0 Å². The van der Waals surface area contributed by atoms with E-state index in [9.17, 15) is 9.59 Å². The maximum Gasteiger partial charge on any atom is 0.316 e. The molecule has 1 aromatic carbocycles. The van der Waals surface area contributed by atoms with E-state index in [0.717, 1.165) is 19.4 Å². The summed E-state index contributed by atoms with van der Waals surface area (Å²) in [6, 6.07) is 6.09. The highest BCUT2D eigenvalue weighted by molar-refractivity contribution is 5.95. The molecule has 1 aliphatic heterocycles. The van der Waals surface area contributed by atoms with Crippen molar-refractivity contribution in [3.05, 3.63) is 24.3 Å². The lowest BCUT2D eigenvalue weighted by molar-refractivity contribution is -0.117. The van der Waals surface area contributed by atoms with E-state index in [2.05, 4.69) is 16.0 Å². The molecule has 1 fully saturated rings. The molecule has 0 bridgehead atoms. The monoisotopic (exact) mass is 248 g/mol. The lowest BCUT2D eigenvalue weighted by atomic mass is 10.2. The molecule has 2 rings (SSSR count). The van der Waals surface area contributed by atoms with Crippen molar-refractivity contribution in [3.8, 4) is 0 Å². The van der Waals surface area contributed by atoms with Crippen LogP contribution in [0.2, 0.25) is 0 Å². The first-order valence-corrected chi connectivity index (χ1v) is 5.86. The number of nitrogens with two attached hydrogens (primary N) is 1. The molecular weight excluding hydrogens is 232 g/mol. The Balaban J connectivity index is 1.93. The standard InChI is InChI=1S/C12H16N4O2/c13-12(18)16-9-5-3-8(4-6-9)15-11(17)10-2-1-7-14-10/h3-6,10,14H,1-2,7H2,(H,15,17)(H3,13,16,18)/t10-/m0/s1. The summed E-state index contributed by atoms with van der Waals surface area (Å²) in [6.07, 6.45) is 1.90. The van der Waals surface area contributed by atoms with Crippen LogP contribution in [0.3, 0.4) is 0 Å². The summed E-state index contributed by atoms with van der Waals surface area (Å²) in [5.41, 5.74) is 6.29. The molecule has 1 aromatic rings. The van der Waals surface area contributed by atoms with Crippen LogP contribution in [-0.4, -0.2) is 24.5 Å². The quantitative estimate of drug-likeness (QED) is 0.639. The van der Waals surface area contributed by atoms with Crippen molar-refractivity contribution in [2.24, 2.45) is 5.73 Å². The summed E-state index contributed by atoms with van der Waals surface area (Å²) in [5.74, 6) is -0.0249. The second-order valence-corrected chi connectivity index (χ2v) is 4.20. The third kappa shape index (κ3) is 3.21. The summed E-state index contributed by atoms with van der Waals surface area (Å²) < 4.78 is 0. The van der Waals surface area contributed by atoms with Crippen LogP contribution in [0.1, 0.15) is 12.8 Å². The molecule has 3 amide bonds. The van der Waals surface area contributed by atoms with Crippen LogP contribution in [-0.2, 0) is 4.79 Å². The number of amides is 3. The van der Waals surface area contributed by atoms with Crippen LogP contribution >= 0.6 is 0 Å². The van der Waals surface area contributed by atoms with Gasteiger partial charge in [-0.25, -0.2) is 4.79 Å². The number of benzene rings is 1. The number of hydrogen-bond acceptors (Lipinski definition) is 3. The van der Waals surface area contributed by atoms with Crippen molar-refractivity contribution in [2.75, 3.05) is 17.2 Å². The predicted octanol–water partition coefficient (Wildman–Crippen LogP) is 0.868. The highest BCUT2D eigenvalue weighted by Crippen LogP contribution is 2.14. The van der Waals surface area contributed by atoms with Gasteiger partial charge in [0.25, 0.3) is 0 Å². The Labute approximate surface area is 105 Å². The number of rotatable bonds is 3. The van der Waals surface area contributed by atoms with Gasteiger partial charge in [0.15, 0.2) is 0 Å². The zero-order chi connectivity index (χ0) is 13.0. The van der Waals surface area contributed by atoms with Gasteiger partial charge in [-0.05, 0) is 43.7 Å². The van der Waals surface area contributed by atoms with Crippen molar-refractivity contribution in [2.45, 2.75) is 18.9 Å². The van der Waals surface area contributed by atoms with Crippen molar-refractivity contribution in [1.82, 2.24) is 5.32 Å². The minimum absolute atomic E-state index is 0.0249. The van der Waals surface area contributed by atoms with Gasteiger partial charge in [-0.2, -0.15) is 0 Å². The Morgan fingerprint density at radius 1 is 1.17 bits per heavy atom. The molecule has 5 N–H and O–H groups in total. The summed E-state index contributed by atoms with van der Waals surface area (Å²) in [6.45, 7) is 0.888. The van der Waals surface area contributed by atoms with E-state index in [-0.39, 0.29) is 11.9 Å². The van der Waals surface area contributed by atoms with Crippen molar-refractivity contribution in [3.63, 3.8) is 0 Å². The molecule has 1 aliphatic rings. The fourth-order valence-electron chi connectivity index (χ4n) is 1.92. The maximum absolute atomic E-state index is 11.8. The highest BCUT2D eigenvalue weighted by atomic mass is 16.2. The number of urea groups is 1. The number of primary amides is 1. The Morgan fingerprint density at radius 3 is 2.28 bits per heavy atom. The first-order chi connectivity index (χ1) is 8.65. The molecule has 6 nitrogen and oxygen atoms in total. The second kappa shape index (κ2) is 5.50. The normalized spacial score (nSPS) is 18.3. The molecule has 1 atom stereocenters. The maximum atomic E-state index is 11.8. The molecule has 6 heteroatoms. The molecule has 0 unspecified atom stereocenters. The zero-order valence-electron chi connectivity index (χ0n) is 9.90. The molecule has 0 aliphatic carbocycles. The van der Waals surface area contributed by atoms with Gasteiger partial charge < -0.3 is 21.7 Å². The summed E-state index contributed by atoms with van der Waals surface area (Å²) in [7, 11) is 0. The molecule has 0 aromatic heterocycles. The fraction of sp³-hybridized carbons (Fsp3) is 0.333. The topological polar surface area (TPSA) is 96.2 Å². The van der Waals surface area contributed by atoms with E-state index in [0.29, 0.717) is 11.4 Å². The zero-order valence-corrected chi connectivity index (χ0v) is 9.90. The van der Waals surface area contributed by atoms with Crippen LogP contribution in [0.15, 0.2) is 24.3 Å². The van der Waals surface area contributed by atoms with Crippen molar-refractivity contribution >= 4 is 23.3 Å². The Morgan fingerprint density at radius 2 is 1.78 bits per heavy atom. The molecular formula is C12H16N4O2. The Hall–Kier alpha value is -2.08. The number of nitrogens with one attached hydrogen (secondary N) is 3. The predicted molar refractivity (Wildman–Crippen MR) is 69.3 cm³/mol. The SMILES string of the molecule is NC(=O)Nc1ccc(NC(=O)[C@@H]2CCCN2)cc1. The Bertz CT molecular complexity index is 438. The Kier molecular flexibility index (Phi) is 3.78. The first kappa shape index (κ1) is 12.4. The minimum Gasteiger partial charge on any atom is -0.351 e. The first-order valence-electron chi connectivity index (χ1n) is 5.86. The van der Waals surface area contributed by atoms with Crippen LogP contribution in [0.5, 0.6) is 0 Å². The summed E-state index contributed by atoms with van der Waals surface area (Å²) in [5, 5.41) is 8.40. The van der Waals surface area contributed by atoms with Crippen LogP contribution in [0.25, 0.3) is 0 Å². The van der Waals surface area contributed by atoms with Crippen LogP contribution < -0.4 is 21.7 Å². The molecule has 0 radical (unpaired) electrons. The van der Waals surface area contributed by atoms with Gasteiger partial charge in [0.1, 0.15) is 0 Å². The van der Waals surface area contributed by atoms with Gasteiger partial charge in [0.2, 0.25) is 5.91 Å². The summed E-state index contributed by atoms with van der Waals surface area (Å²) >= 11 is 0. The van der Waals surface area contributed by atoms with Gasteiger partial charge in [0, 0.05) is 11.4 Å². The average molecular weight is 248 g/mol. The average Bonchev–Trinajstić information content (AvgIpc) is 2.84. The van der Waals surface area contributed by atoms with Crippen molar-refractivity contribution < 1.29 is 9.59 Å². The van der Waals surface area contributed by atoms with E-state index in [1.165, 1.54) is 0 Å². The van der Waals surface area contributed by atoms with Gasteiger partial charge in [-0.15, -0.1) is 0 Å². The minimum atomic E-state index is -0.609. The smallest absolute Gasteiger partial charge is 0.316 e. The molecule has 18 heavy (non-hydrogen) atoms. The third-order valence-corrected chi connectivity index (χ3v) is 2.80. The van der Waals surface area contributed by atoms with Gasteiger partial charge in [-0.3, -0.25) is 4.79 Å². The highest BCUT2D eigenvalue weighted by Gasteiger charge is 2.21. The molecule has 1 heterocycles. The molecule has 0 saturated carbocycles.